The minimum absolute atomic E-state index is 0.137. The quantitative estimate of drug-likeness (QED) is 0.318. The molecule has 1 heterocycles. The molecule has 1 fully saturated rings. The molecule has 0 spiro atoms. The molecular formula is C27H25F3N4O5S2. The van der Waals surface area contributed by atoms with E-state index in [1.54, 1.807) is 0 Å². The average Bonchev–Trinajstić information content (AvgIpc) is 3.23. The molecule has 3 aromatic rings. The highest BCUT2D eigenvalue weighted by Gasteiger charge is 2.33. The van der Waals surface area contributed by atoms with Crippen molar-refractivity contribution in [2.75, 3.05) is 20.7 Å². The predicted molar refractivity (Wildman–Crippen MR) is 152 cm³/mol. The highest BCUT2D eigenvalue weighted by Crippen LogP contribution is 2.34. The first-order valence-corrected chi connectivity index (χ1v) is 14.6. The molecule has 0 aliphatic carbocycles. The van der Waals surface area contributed by atoms with Gasteiger partial charge in [-0.15, -0.1) is 13.2 Å². The molecule has 9 nitrogen and oxygen atoms in total. The van der Waals surface area contributed by atoms with E-state index in [0.29, 0.717) is 11.4 Å². The lowest BCUT2D eigenvalue weighted by Gasteiger charge is -2.22. The fraction of sp³-hybridized carbons (Fsp3) is 0.222. The van der Waals surface area contributed by atoms with Gasteiger partial charge < -0.3 is 10.1 Å². The Labute approximate surface area is 238 Å². The summed E-state index contributed by atoms with van der Waals surface area (Å²) < 4.78 is 68.3. The van der Waals surface area contributed by atoms with Crippen LogP contribution < -0.4 is 19.7 Å². The van der Waals surface area contributed by atoms with Crippen LogP contribution in [0.5, 0.6) is 5.75 Å². The highest BCUT2D eigenvalue weighted by molar-refractivity contribution is 8.15. The Kier molecular flexibility index (Phi) is 8.63. The van der Waals surface area contributed by atoms with Crippen LogP contribution in [0.15, 0.2) is 76.6 Å². The van der Waals surface area contributed by atoms with Gasteiger partial charge in [-0.3, -0.25) is 14.4 Å². The topological polar surface area (TPSA) is 117 Å². The Bertz CT molecular complexity index is 1590. The number of amidine groups is 1. The zero-order chi connectivity index (χ0) is 29.9. The molecule has 0 radical (unpaired) electrons. The van der Waals surface area contributed by atoms with E-state index < -0.39 is 28.2 Å². The van der Waals surface area contributed by atoms with Crippen LogP contribution >= 0.6 is 11.8 Å². The van der Waals surface area contributed by atoms with E-state index in [-0.39, 0.29) is 33.3 Å². The Hall–Kier alpha value is -4.04. The average molecular weight is 607 g/mol. The molecule has 0 unspecified atom stereocenters. The molecule has 216 valence electrons. The number of sulfonamides is 1. The zero-order valence-electron chi connectivity index (χ0n) is 22.0. The number of alkyl halides is 3. The van der Waals surface area contributed by atoms with Gasteiger partial charge in [0.2, 0.25) is 5.91 Å². The predicted octanol–water partition coefficient (Wildman–Crippen LogP) is 6.49. The number of ether oxygens (including phenoxy) is 1. The summed E-state index contributed by atoms with van der Waals surface area (Å²) in [6.45, 7) is 5.94. The number of halogens is 3. The number of rotatable bonds is 7. The molecule has 1 saturated heterocycles. The molecule has 4 rings (SSSR count). The number of amides is 3. The molecule has 0 aromatic heterocycles. The monoisotopic (exact) mass is 606 g/mol. The molecule has 3 amide bonds. The number of carbonyl (C=O) groups excluding carboxylic acids is 2. The van der Waals surface area contributed by atoms with Crippen LogP contribution in [0, 0.1) is 6.92 Å². The minimum atomic E-state index is -4.90. The number of aryl methyl sites for hydroxylation is 1. The number of hydrogen-bond acceptors (Lipinski definition) is 6. The van der Waals surface area contributed by atoms with Crippen molar-refractivity contribution < 1.29 is 35.9 Å². The van der Waals surface area contributed by atoms with Crippen molar-refractivity contribution in [3.8, 4) is 5.75 Å². The molecule has 41 heavy (non-hydrogen) atoms. The molecule has 1 aliphatic heterocycles. The summed E-state index contributed by atoms with van der Waals surface area (Å²) in [5.41, 5.74) is 3.05. The van der Waals surface area contributed by atoms with E-state index in [1.807, 2.05) is 39.0 Å². The Morgan fingerprint density at radius 1 is 1.02 bits per heavy atom. The van der Waals surface area contributed by atoms with Crippen LogP contribution in [0.3, 0.4) is 0 Å². The maximum atomic E-state index is 12.7. The molecular weight excluding hydrogens is 581 g/mol. The third-order valence-corrected chi connectivity index (χ3v) is 8.09. The number of urea groups is 1. The van der Waals surface area contributed by atoms with Crippen LogP contribution in [0.25, 0.3) is 0 Å². The SMILES string of the molecule is Cc1ccc(C(C)C)c(N2C(=O)CSC2=NC(=O)Nc2ccc(NS(=O)(=O)c3ccc(OC(F)(F)F)cc3)cc2)c1. The van der Waals surface area contributed by atoms with Crippen LogP contribution in [0.4, 0.5) is 35.0 Å². The van der Waals surface area contributed by atoms with E-state index in [0.717, 1.165) is 47.2 Å². The smallest absolute Gasteiger partial charge is 0.406 e. The number of thioether (sulfide) groups is 1. The van der Waals surface area contributed by atoms with Crippen LogP contribution in [-0.2, 0) is 14.8 Å². The Morgan fingerprint density at radius 3 is 2.27 bits per heavy atom. The van der Waals surface area contributed by atoms with Gasteiger partial charge in [0.15, 0.2) is 5.17 Å². The van der Waals surface area contributed by atoms with Gasteiger partial charge in [0.05, 0.1) is 16.3 Å². The first kappa shape index (κ1) is 29.9. The molecule has 1 aliphatic rings. The van der Waals surface area contributed by atoms with Gasteiger partial charge >= 0.3 is 12.4 Å². The van der Waals surface area contributed by atoms with Crippen molar-refractivity contribution in [1.82, 2.24) is 0 Å². The standard InChI is InChI=1S/C27H25F3N4O5S2/c1-16(2)22-13-4-17(3)14-23(22)34-24(35)15-40-26(34)32-25(36)31-18-5-7-19(8-6-18)33-41(37,38)21-11-9-20(10-12-21)39-27(28,29)30/h4-14,16,33H,15H2,1-3H3,(H,31,36). The largest absolute Gasteiger partial charge is 0.573 e. The van der Waals surface area contributed by atoms with Crippen molar-refractivity contribution >= 4 is 56.0 Å². The maximum Gasteiger partial charge on any atom is 0.573 e. The van der Waals surface area contributed by atoms with Gasteiger partial charge in [-0.25, -0.2) is 13.2 Å². The Morgan fingerprint density at radius 2 is 1.66 bits per heavy atom. The molecule has 0 bridgehead atoms. The van der Waals surface area contributed by atoms with Gasteiger partial charge in [0, 0.05) is 11.4 Å². The number of benzene rings is 3. The van der Waals surface area contributed by atoms with Gasteiger partial charge in [-0.2, -0.15) is 4.99 Å². The van der Waals surface area contributed by atoms with Gasteiger partial charge in [0.1, 0.15) is 5.75 Å². The van der Waals surface area contributed by atoms with Gasteiger partial charge in [0.25, 0.3) is 10.0 Å². The lowest BCUT2D eigenvalue weighted by molar-refractivity contribution is -0.274. The summed E-state index contributed by atoms with van der Waals surface area (Å²) in [4.78, 5) is 30.7. The van der Waals surface area contributed by atoms with Crippen molar-refractivity contribution in [2.24, 2.45) is 4.99 Å². The van der Waals surface area contributed by atoms with E-state index in [2.05, 4.69) is 19.8 Å². The van der Waals surface area contributed by atoms with Crippen molar-refractivity contribution in [3.05, 3.63) is 77.9 Å². The van der Waals surface area contributed by atoms with Crippen molar-refractivity contribution in [1.29, 1.82) is 0 Å². The van der Waals surface area contributed by atoms with E-state index in [4.69, 9.17) is 0 Å². The summed E-state index contributed by atoms with van der Waals surface area (Å²) in [5, 5.41) is 2.84. The summed E-state index contributed by atoms with van der Waals surface area (Å²) in [5.74, 6) is -0.460. The number of anilines is 3. The minimum Gasteiger partial charge on any atom is -0.406 e. The van der Waals surface area contributed by atoms with Crippen LogP contribution in [0.1, 0.15) is 30.9 Å². The molecule has 0 atom stereocenters. The Balaban J connectivity index is 1.44. The molecule has 3 aromatic carbocycles. The first-order valence-electron chi connectivity index (χ1n) is 12.2. The third kappa shape index (κ3) is 7.58. The lowest BCUT2D eigenvalue weighted by atomic mass is 9.99. The fourth-order valence-corrected chi connectivity index (χ4v) is 5.83. The molecule has 0 saturated carbocycles. The van der Waals surface area contributed by atoms with Gasteiger partial charge in [-0.05, 0) is 78.6 Å². The van der Waals surface area contributed by atoms with Crippen molar-refractivity contribution in [2.45, 2.75) is 37.9 Å². The number of nitrogens with one attached hydrogen (secondary N) is 2. The highest BCUT2D eigenvalue weighted by atomic mass is 32.2. The van der Waals surface area contributed by atoms with Crippen molar-refractivity contribution in [3.63, 3.8) is 0 Å². The molecule has 2 N–H and O–H groups in total. The third-order valence-electron chi connectivity index (χ3n) is 5.77. The number of nitrogens with zero attached hydrogens (tertiary/aromatic N) is 2. The second-order valence-electron chi connectivity index (χ2n) is 9.26. The summed E-state index contributed by atoms with van der Waals surface area (Å²) in [6, 6.07) is 14.5. The van der Waals surface area contributed by atoms with E-state index >= 15 is 0 Å². The van der Waals surface area contributed by atoms with Gasteiger partial charge in [-0.1, -0.05) is 37.7 Å². The summed E-state index contributed by atoms with van der Waals surface area (Å²) >= 11 is 1.15. The summed E-state index contributed by atoms with van der Waals surface area (Å²) in [7, 11) is -4.11. The second kappa shape index (κ2) is 11.8. The second-order valence-corrected chi connectivity index (χ2v) is 11.9. The van der Waals surface area contributed by atoms with Crippen LogP contribution in [0.2, 0.25) is 0 Å². The number of aliphatic imine (C=N–C) groups is 1. The van der Waals surface area contributed by atoms with E-state index in [9.17, 15) is 31.2 Å². The van der Waals surface area contributed by atoms with E-state index in [1.165, 1.54) is 29.2 Å². The fourth-order valence-electron chi connectivity index (χ4n) is 3.91. The number of carbonyl (C=O) groups is 2. The molecule has 14 heteroatoms. The normalized spacial score (nSPS) is 15.0. The maximum absolute atomic E-state index is 12.7. The summed E-state index contributed by atoms with van der Waals surface area (Å²) in [6.07, 6.45) is -4.90. The zero-order valence-corrected chi connectivity index (χ0v) is 23.7. The first-order chi connectivity index (χ1) is 19.2. The number of hydrogen-bond donors (Lipinski definition) is 2. The lowest BCUT2D eigenvalue weighted by Crippen LogP contribution is -2.31. The van der Waals surface area contributed by atoms with Crippen LogP contribution in [-0.4, -0.2) is 37.6 Å².